The van der Waals surface area contributed by atoms with Crippen LogP contribution in [0.1, 0.15) is 6.92 Å². The normalized spacial score (nSPS) is 13.0. The number of halogens is 1. The quantitative estimate of drug-likeness (QED) is 0.388. The Morgan fingerprint density at radius 2 is 2.13 bits per heavy atom. The maximum atomic E-state index is 12.5. The van der Waals surface area contributed by atoms with E-state index in [0.717, 1.165) is 0 Å². The van der Waals surface area contributed by atoms with Gasteiger partial charge in [-0.05, 0) is 19.1 Å². The van der Waals surface area contributed by atoms with Crippen LogP contribution in [0.25, 0.3) is 0 Å². The van der Waals surface area contributed by atoms with Gasteiger partial charge in [0.2, 0.25) is 5.91 Å². The number of benzene rings is 1. The van der Waals surface area contributed by atoms with Crippen molar-refractivity contribution in [3.63, 3.8) is 0 Å². The molecule has 0 saturated carbocycles. The lowest BCUT2D eigenvalue weighted by molar-refractivity contribution is -0.113. The van der Waals surface area contributed by atoms with Gasteiger partial charge in [0.25, 0.3) is 0 Å². The molecule has 1 unspecified atom stereocenters. The Morgan fingerprint density at radius 1 is 1.39 bits per heavy atom. The minimum Gasteiger partial charge on any atom is -0.493 e. The highest BCUT2D eigenvalue weighted by atomic mass is 35.5. The van der Waals surface area contributed by atoms with E-state index >= 15 is 0 Å². The standard InChI is InChI=1S/C14H19ClNO6P/c1-4-8-21-23(18,20-5-2)22-13-9-11(16-14(17)10-15)6-7-12(13)19-3/h4,6-7,9H,1,5,8,10H2,2-3H3,(H,16,17). The van der Waals surface area contributed by atoms with Gasteiger partial charge in [0.05, 0.1) is 20.3 Å². The van der Waals surface area contributed by atoms with Crippen LogP contribution in [0.3, 0.4) is 0 Å². The predicted molar refractivity (Wildman–Crippen MR) is 88.4 cm³/mol. The fourth-order valence-corrected chi connectivity index (χ4v) is 2.77. The van der Waals surface area contributed by atoms with Crippen LogP contribution in [0.2, 0.25) is 0 Å². The molecule has 128 valence electrons. The molecule has 1 atom stereocenters. The highest BCUT2D eigenvalue weighted by Crippen LogP contribution is 2.51. The molecule has 0 radical (unpaired) electrons. The number of ether oxygens (including phenoxy) is 1. The van der Waals surface area contributed by atoms with E-state index in [0.29, 0.717) is 11.4 Å². The first-order valence-corrected chi connectivity index (χ1v) is 8.71. The summed E-state index contributed by atoms with van der Waals surface area (Å²) >= 11 is 5.44. The van der Waals surface area contributed by atoms with Crippen molar-refractivity contribution in [1.29, 1.82) is 0 Å². The first-order chi connectivity index (χ1) is 11.0. The van der Waals surface area contributed by atoms with Crippen molar-refractivity contribution >= 4 is 31.0 Å². The number of anilines is 1. The maximum Gasteiger partial charge on any atom is 0.530 e. The fraction of sp³-hybridized carbons (Fsp3) is 0.357. The average molecular weight is 364 g/mol. The van der Waals surface area contributed by atoms with Crippen molar-refractivity contribution in [2.24, 2.45) is 0 Å². The third-order valence-corrected chi connectivity index (χ3v) is 4.12. The number of hydrogen-bond acceptors (Lipinski definition) is 6. The topological polar surface area (TPSA) is 83.1 Å². The Labute approximate surface area is 140 Å². The van der Waals surface area contributed by atoms with Crippen LogP contribution in [0, 0.1) is 0 Å². The van der Waals surface area contributed by atoms with Crippen molar-refractivity contribution in [2.75, 3.05) is 31.5 Å². The summed E-state index contributed by atoms with van der Waals surface area (Å²) in [5.41, 5.74) is 0.401. The van der Waals surface area contributed by atoms with Gasteiger partial charge in [-0.3, -0.25) is 13.8 Å². The summed E-state index contributed by atoms with van der Waals surface area (Å²) in [7, 11) is -2.42. The molecule has 0 spiro atoms. The summed E-state index contributed by atoms with van der Waals surface area (Å²) < 4.78 is 33.2. The monoisotopic (exact) mass is 363 g/mol. The smallest absolute Gasteiger partial charge is 0.493 e. The number of methoxy groups -OCH3 is 1. The molecular formula is C14H19ClNO6P. The number of phosphoric acid groups is 1. The minimum absolute atomic E-state index is 0.0116. The summed E-state index contributed by atoms with van der Waals surface area (Å²) in [5, 5.41) is 2.55. The first-order valence-electron chi connectivity index (χ1n) is 6.71. The molecule has 1 rings (SSSR count). The number of carbonyl (C=O) groups excluding carboxylic acids is 1. The molecular weight excluding hydrogens is 345 g/mol. The minimum atomic E-state index is -3.85. The maximum absolute atomic E-state index is 12.5. The summed E-state index contributed by atoms with van der Waals surface area (Å²) in [6.07, 6.45) is 1.42. The highest BCUT2D eigenvalue weighted by Gasteiger charge is 2.29. The van der Waals surface area contributed by atoms with E-state index in [1.165, 1.54) is 19.3 Å². The second-order valence-electron chi connectivity index (χ2n) is 4.09. The summed E-state index contributed by atoms with van der Waals surface area (Å²) in [4.78, 5) is 11.3. The van der Waals surface area contributed by atoms with Gasteiger partial charge in [-0.25, -0.2) is 4.57 Å². The van der Waals surface area contributed by atoms with Crippen LogP contribution >= 0.6 is 19.4 Å². The van der Waals surface area contributed by atoms with Crippen molar-refractivity contribution in [3.05, 3.63) is 30.9 Å². The molecule has 23 heavy (non-hydrogen) atoms. The van der Waals surface area contributed by atoms with E-state index in [2.05, 4.69) is 11.9 Å². The Morgan fingerprint density at radius 3 is 2.70 bits per heavy atom. The molecule has 1 N–H and O–H groups in total. The van der Waals surface area contributed by atoms with Gasteiger partial charge >= 0.3 is 7.82 Å². The number of amides is 1. The lowest BCUT2D eigenvalue weighted by Gasteiger charge is -2.19. The van der Waals surface area contributed by atoms with Gasteiger partial charge in [0.1, 0.15) is 5.88 Å². The van der Waals surface area contributed by atoms with E-state index in [1.807, 2.05) is 0 Å². The molecule has 1 aromatic carbocycles. The van der Waals surface area contributed by atoms with Crippen LogP contribution in [0.5, 0.6) is 11.5 Å². The number of carbonyl (C=O) groups is 1. The highest BCUT2D eigenvalue weighted by molar-refractivity contribution is 7.48. The van der Waals surface area contributed by atoms with E-state index in [4.69, 9.17) is 29.9 Å². The SMILES string of the molecule is C=CCOP(=O)(OCC)Oc1cc(NC(=O)CCl)ccc1OC. The number of alkyl halides is 1. The van der Waals surface area contributed by atoms with Gasteiger partial charge in [0.15, 0.2) is 11.5 Å². The second-order valence-corrected chi connectivity index (χ2v) is 5.95. The predicted octanol–water partition coefficient (Wildman–Crippen LogP) is 3.60. The van der Waals surface area contributed by atoms with Crippen molar-refractivity contribution < 1.29 is 27.7 Å². The Balaban J connectivity index is 3.06. The van der Waals surface area contributed by atoms with E-state index in [9.17, 15) is 9.36 Å². The molecule has 9 heteroatoms. The number of hydrogen-bond donors (Lipinski definition) is 1. The zero-order valence-electron chi connectivity index (χ0n) is 12.9. The third-order valence-electron chi connectivity index (χ3n) is 2.42. The summed E-state index contributed by atoms with van der Waals surface area (Å²) in [6, 6.07) is 4.57. The van der Waals surface area contributed by atoms with Gasteiger partial charge < -0.3 is 14.6 Å². The Kier molecular flexibility index (Phi) is 8.12. The summed E-state index contributed by atoms with van der Waals surface area (Å²) in [5.74, 6) is -0.183. The number of nitrogens with one attached hydrogen (secondary N) is 1. The first kappa shape index (κ1) is 19.5. The molecule has 1 aromatic rings. The molecule has 0 heterocycles. The molecule has 0 fully saturated rings. The van der Waals surface area contributed by atoms with E-state index < -0.39 is 13.7 Å². The molecule has 0 bridgehead atoms. The molecule has 0 aromatic heterocycles. The zero-order chi connectivity index (χ0) is 17.3. The number of rotatable bonds is 10. The average Bonchev–Trinajstić information content (AvgIpc) is 2.53. The van der Waals surface area contributed by atoms with Crippen molar-refractivity contribution in [2.45, 2.75) is 6.92 Å². The Bertz CT molecular complexity index is 595. The fourth-order valence-electron chi connectivity index (χ4n) is 1.53. The third kappa shape index (κ3) is 6.23. The van der Waals surface area contributed by atoms with Crippen LogP contribution in [-0.2, 0) is 18.4 Å². The molecule has 1 amide bonds. The second kappa shape index (κ2) is 9.57. The van der Waals surface area contributed by atoms with Crippen LogP contribution < -0.4 is 14.6 Å². The Hall–Kier alpha value is -1.53. The molecule has 7 nitrogen and oxygen atoms in total. The van der Waals surface area contributed by atoms with Gasteiger partial charge in [-0.1, -0.05) is 6.08 Å². The van der Waals surface area contributed by atoms with Crippen LogP contribution in [-0.4, -0.2) is 32.1 Å². The lowest BCUT2D eigenvalue weighted by Crippen LogP contribution is -2.12. The largest absolute Gasteiger partial charge is 0.530 e. The van der Waals surface area contributed by atoms with Gasteiger partial charge in [0, 0.05) is 11.8 Å². The number of phosphoric ester groups is 1. The molecule has 0 aliphatic heterocycles. The van der Waals surface area contributed by atoms with E-state index in [1.54, 1.807) is 19.1 Å². The van der Waals surface area contributed by atoms with Crippen molar-refractivity contribution in [1.82, 2.24) is 0 Å². The molecule has 0 aliphatic carbocycles. The zero-order valence-corrected chi connectivity index (χ0v) is 14.6. The molecule has 0 aliphatic rings. The van der Waals surface area contributed by atoms with Crippen LogP contribution in [0.15, 0.2) is 30.9 Å². The van der Waals surface area contributed by atoms with Gasteiger partial charge in [-0.15, -0.1) is 18.2 Å². The van der Waals surface area contributed by atoms with Crippen LogP contribution in [0.4, 0.5) is 5.69 Å². The lowest BCUT2D eigenvalue weighted by atomic mass is 10.3. The molecule has 0 saturated heterocycles. The van der Waals surface area contributed by atoms with Crippen molar-refractivity contribution in [3.8, 4) is 11.5 Å². The summed E-state index contributed by atoms with van der Waals surface area (Å²) in [6.45, 7) is 5.25. The van der Waals surface area contributed by atoms with Gasteiger partial charge in [-0.2, -0.15) is 0 Å². The van der Waals surface area contributed by atoms with E-state index in [-0.39, 0.29) is 24.8 Å².